The highest BCUT2D eigenvalue weighted by Crippen LogP contribution is 2.30. The van der Waals surface area contributed by atoms with Crippen LogP contribution in [0.15, 0.2) is 12.3 Å². The summed E-state index contributed by atoms with van der Waals surface area (Å²) in [6, 6.07) is 1.67. The first kappa shape index (κ1) is 14.9. The first-order valence-electron chi connectivity index (χ1n) is 6.25. The van der Waals surface area contributed by atoms with E-state index in [9.17, 15) is 13.8 Å². The summed E-state index contributed by atoms with van der Waals surface area (Å²) in [5.41, 5.74) is 0.941. The maximum absolute atomic E-state index is 11.4. The van der Waals surface area contributed by atoms with Gasteiger partial charge >= 0.3 is 0 Å². The summed E-state index contributed by atoms with van der Waals surface area (Å²) in [7, 11) is 0. The number of nitrogens with zero attached hydrogens (tertiary/aromatic N) is 2. The summed E-state index contributed by atoms with van der Waals surface area (Å²) in [6.07, 6.45) is 3.32. The zero-order valence-electron chi connectivity index (χ0n) is 10.8. The minimum atomic E-state index is -2.25. The van der Waals surface area contributed by atoms with E-state index in [1.54, 1.807) is 11.0 Å². The molecule has 2 rings (SSSR count). The third kappa shape index (κ3) is 2.82. The van der Waals surface area contributed by atoms with Crippen LogP contribution in [0.5, 0.6) is 0 Å². The quantitative estimate of drug-likeness (QED) is 0.601. The Balaban J connectivity index is 2.13. The average molecular weight is 300 g/mol. The zero-order chi connectivity index (χ0) is 14.7. The van der Waals surface area contributed by atoms with Gasteiger partial charge in [-0.1, -0.05) is 0 Å². The highest BCUT2D eigenvalue weighted by atomic mass is 32.2. The van der Waals surface area contributed by atoms with E-state index in [2.05, 4.69) is 0 Å². The fourth-order valence-electron chi connectivity index (χ4n) is 2.58. The molecule has 2 N–H and O–H groups in total. The molecule has 7 nitrogen and oxygen atoms in total. The highest BCUT2D eigenvalue weighted by Gasteiger charge is 2.26. The summed E-state index contributed by atoms with van der Waals surface area (Å²) in [6.45, 7) is 0.523. The molecule has 110 valence electrons. The monoisotopic (exact) mass is 300 g/mol. The minimum absolute atomic E-state index is 0.0720. The number of aromatic nitrogens is 1. The Bertz CT molecular complexity index is 534. The number of aliphatic hydroxyl groups is 1. The van der Waals surface area contributed by atoms with E-state index in [1.165, 1.54) is 6.20 Å². The van der Waals surface area contributed by atoms with Crippen molar-refractivity contribution >= 4 is 23.5 Å². The first-order valence-corrected chi connectivity index (χ1v) is 7.31. The van der Waals surface area contributed by atoms with Gasteiger partial charge in [-0.2, -0.15) is 0 Å². The highest BCUT2D eigenvalue weighted by molar-refractivity contribution is 7.77. The lowest BCUT2D eigenvalue weighted by atomic mass is 9.89. The van der Waals surface area contributed by atoms with Crippen molar-refractivity contribution in [3.05, 3.63) is 23.5 Å². The molecule has 1 aliphatic heterocycles. The third-order valence-electron chi connectivity index (χ3n) is 3.63. The minimum Gasteiger partial charge on any atom is -0.387 e. The topological polar surface area (TPSA) is 99.8 Å². The Morgan fingerprint density at radius 1 is 1.45 bits per heavy atom. The number of amides is 1. The van der Waals surface area contributed by atoms with Gasteiger partial charge in [-0.05, 0) is 30.4 Å². The lowest BCUT2D eigenvalue weighted by molar-refractivity contribution is -0.135. The van der Waals surface area contributed by atoms with Crippen molar-refractivity contribution in [1.82, 2.24) is 8.87 Å². The van der Waals surface area contributed by atoms with Gasteiger partial charge in [0.25, 0.3) is 11.3 Å². The molecular weight excluding hydrogens is 284 g/mol. The number of hydrogen-bond donors (Lipinski definition) is 2. The molecular formula is C12H16N2O5S. The average Bonchev–Trinajstić information content (AvgIpc) is 2.90. The molecule has 1 fully saturated rings. The number of carbonyl (C=O) groups is 2. The molecule has 0 aromatic carbocycles. The normalized spacial score (nSPS) is 18.0. The molecule has 1 atom stereocenters. The van der Waals surface area contributed by atoms with Crippen molar-refractivity contribution in [2.75, 3.05) is 19.7 Å². The van der Waals surface area contributed by atoms with Crippen LogP contribution in [0.3, 0.4) is 0 Å². The maximum atomic E-state index is 11.4. The van der Waals surface area contributed by atoms with Crippen molar-refractivity contribution < 1.29 is 23.5 Å². The van der Waals surface area contributed by atoms with E-state index in [-0.39, 0.29) is 17.5 Å². The summed E-state index contributed by atoms with van der Waals surface area (Å²) < 4.78 is 21.2. The Hall–Kier alpha value is -1.51. The van der Waals surface area contributed by atoms with Crippen molar-refractivity contribution in [2.45, 2.75) is 18.8 Å². The molecule has 0 spiro atoms. The van der Waals surface area contributed by atoms with E-state index in [0.29, 0.717) is 32.2 Å². The molecule has 0 bridgehead atoms. The van der Waals surface area contributed by atoms with Gasteiger partial charge < -0.3 is 10.0 Å². The molecule has 0 saturated carbocycles. The van der Waals surface area contributed by atoms with Gasteiger partial charge in [0.1, 0.15) is 6.61 Å². The van der Waals surface area contributed by atoms with Crippen LogP contribution in [0.1, 0.15) is 34.8 Å². The second-order valence-corrected chi connectivity index (χ2v) is 5.50. The molecule has 2 heterocycles. The van der Waals surface area contributed by atoms with E-state index < -0.39 is 17.9 Å². The van der Waals surface area contributed by atoms with E-state index in [1.807, 2.05) is 0 Å². The van der Waals surface area contributed by atoms with Crippen molar-refractivity contribution in [1.29, 1.82) is 0 Å². The van der Waals surface area contributed by atoms with Crippen LogP contribution >= 0.6 is 0 Å². The lowest BCUT2D eigenvalue weighted by Crippen LogP contribution is -2.39. The lowest BCUT2D eigenvalue weighted by Gasteiger charge is -2.31. The molecule has 1 aliphatic rings. The maximum Gasteiger partial charge on any atom is 0.266 e. The van der Waals surface area contributed by atoms with Crippen LogP contribution in [0.4, 0.5) is 0 Å². The largest absolute Gasteiger partial charge is 0.387 e. The summed E-state index contributed by atoms with van der Waals surface area (Å²) in [5, 5.41) is 8.81. The van der Waals surface area contributed by atoms with Crippen LogP contribution in [0.2, 0.25) is 0 Å². The van der Waals surface area contributed by atoms with Crippen molar-refractivity contribution in [3.63, 3.8) is 0 Å². The van der Waals surface area contributed by atoms with Crippen LogP contribution in [0.25, 0.3) is 0 Å². The predicted molar refractivity (Wildman–Crippen MR) is 71.6 cm³/mol. The second kappa shape index (κ2) is 6.29. The number of piperidine rings is 1. The van der Waals surface area contributed by atoms with E-state index in [4.69, 9.17) is 9.66 Å². The van der Waals surface area contributed by atoms with Crippen LogP contribution in [-0.2, 0) is 16.1 Å². The summed E-state index contributed by atoms with van der Waals surface area (Å²) in [5.74, 6) is -0.226. The Labute approximate surface area is 118 Å². The van der Waals surface area contributed by atoms with Gasteiger partial charge in [0.05, 0.1) is 5.69 Å². The smallest absolute Gasteiger partial charge is 0.266 e. The number of rotatable bonds is 4. The van der Waals surface area contributed by atoms with Crippen molar-refractivity contribution in [2.24, 2.45) is 0 Å². The standard InChI is InChI=1S/C12H16N2O5S/c15-7-11-10(3-6-14(11)20(18)19)9-1-4-13(5-2-9)12(17)8-16/h3,6-7,9,16H,1-2,4-5,8H2,(H,18,19). The molecule has 0 aliphatic carbocycles. The molecule has 1 aromatic rings. The van der Waals surface area contributed by atoms with Crippen LogP contribution in [0, 0.1) is 0 Å². The molecule has 1 aromatic heterocycles. The summed E-state index contributed by atoms with van der Waals surface area (Å²) in [4.78, 5) is 24.1. The van der Waals surface area contributed by atoms with Gasteiger partial charge in [0.2, 0.25) is 5.91 Å². The van der Waals surface area contributed by atoms with Crippen molar-refractivity contribution in [3.8, 4) is 0 Å². The fraction of sp³-hybridized carbons (Fsp3) is 0.500. The van der Waals surface area contributed by atoms with Crippen LogP contribution < -0.4 is 0 Å². The SMILES string of the molecule is O=Cc1c(C2CCN(C(=O)CO)CC2)ccn1S(=O)O. The number of aliphatic hydroxyl groups excluding tert-OH is 1. The number of carbonyl (C=O) groups excluding carboxylic acids is 2. The van der Waals surface area contributed by atoms with Gasteiger partial charge in [-0.3, -0.25) is 14.1 Å². The number of likely N-dealkylation sites (tertiary alicyclic amines) is 1. The Morgan fingerprint density at radius 2 is 2.10 bits per heavy atom. The summed E-state index contributed by atoms with van der Waals surface area (Å²) >= 11 is -2.25. The molecule has 1 amide bonds. The fourth-order valence-corrected chi connectivity index (χ4v) is 3.06. The molecule has 0 radical (unpaired) electrons. The third-order valence-corrected chi connectivity index (χ3v) is 4.28. The van der Waals surface area contributed by atoms with E-state index in [0.717, 1.165) is 9.54 Å². The Morgan fingerprint density at radius 3 is 2.60 bits per heavy atom. The van der Waals surface area contributed by atoms with Gasteiger partial charge in [0, 0.05) is 19.3 Å². The molecule has 1 unspecified atom stereocenters. The molecule has 8 heteroatoms. The second-order valence-electron chi connectivity index (χ2n) is 4.64. The van der Waals surface area contributed by atoms with Gasteiger partial charge in [-0.15, -0.1) is 0 Å². The van der Waals surface area contributed by atoms with Gasteiger partial charge in [-0.25, -0.2) is 8.18 Å². The van der Waals surface area contributed by atoms with Gasteiger partial charge in [0.15, 0.2) is 6.29 Å². The molecule has 20 heavy (non-hydrogen) atoms. The number of aldehydes is 1. The zero-order valence-corrected chi connectivity index (χ0v) is 11.6. The Kier molecular flexibility index (Phi) is 4.69. The first-order chi connectivity index (χ1) is 9.58. The predicted octanol–water partition coefficient (Wildman–Crippen LogP) is -0.0163. The van der Waals surface area contributed by atoms with E-state index >= 15 is 0 Å². The van der Waals surface area contributed by atoms with Crippen LogP contribution in [-0.4, -0.2) is 54.6 Å². The number of hydrogen-bond acceptors (Lipinski definition) is 4. The molecule has 1 saturated heterocycles.